The molecule has 2 aromatic heterocycles. The monoisotopic (exact) mass is 320 g/mol. The molecule has 3 heterocycles. The Bertz CT molecular complexity index is 824. The lowest BCUT2D eigenvalue weighted by Gasteiger charge is -2.23. The maximum Gasteiger partial charge on any atom is 0.332 e. The summed E-state index contributed by atoms with van der Waals surface area (Å²) in [5.74, 6) is 0.928. The molecule has 126 valence electrons. The zero-order chi connectivity index (χ0) is 16.6. The molecule has 1 aliphatic rings. The fourth-order valence-corrected chi connectivity index (χ4v) is 3.54. The van der Waals surface area contributed by atoms with Gasteiger partial charge in [-0.3, -0.25) is 13.9 Å². The lowest BCUT2D eigenvalue weighted by Crippen LogP contribution is -3.11. The van der Waals surface area contributed by atoms with Gasteiger partial charge < -0.3 is 9.47 Å². The lowest BCUT2D eigenvalue weighted by molar-refractivity contribution is -0.919. The Morgan fingerprint density at radius 2 is 1.78 bits per heavy atom. The molecular weight excluding hydrogens is 294 g/mol. The second-order valence-corrected chi connectivity index (χ2v) is 6.55. The van der Waals surface area contributed by atoms with Gasteiger partial charge in [0.25, 0.3) is 5.56 Å². The predicted molar refractivity (Wildman–Crippen MR) is 88.8 cm³/mol. The number of fused-ring (bicyclic) bond motifs is 1. The number of nitrogens with zero attached hydrogens (tertiary/aromatic N) is 4. The van der Waals surface area contributed by atoms with Crippen LogP contribution in [0, 0.1) is 0 Å². The number of nitrogens with one attached hydrogen (secondary N) is 1. The van der Waals surface area contributed by atoms with Crippen LogP contribution in [0.5, 0.6) is 0 Å². The van der Waals surface area contributed by atoms with Crippen LogP contribution in [0.4, 0.5) is 0 Å². The molecule has 0 bridgehead atoms. The summed E-state index contributed by atoms with van der Waals surface area (Å²) < 4.78 is 4.68. The van der Waals surface area contributed by atoms with E-state index in [-0.39, 0.29) is 11.2 Å². The Kier molecular flexibility index (Phi) is 4.39. The van der Waals surface area contributed by atoms with Crippen LogP contribution in [0.1, 0.15) is 38.4 Å². The number of aryl methyl sites for hydroxylation is 2. The van der Waals surface area contributed by atoms with Gasteiger partial charge in [0, 0.05) is 20.6 Å². The molecule has 2 aromatic rings. The van der Waals surface area contributed by atoms with Crippen molar-refractivity contribution in [2.24, 2.45) is 14.1 Å². The van der Waals surface area contributed by atoms with Gasteiger partial charge in [0.2, 0.25) is 0 Å². The zero-order valence-corrected chi connectivity index (χ0v) is 14.3. The highest BCUT2D eigenvalue weighted by Gasteiger charge is 2.22. The van der Waals surface area contributed by atoms with Crippen molar-refractivity contribution in [3.8, 4) is 0 Å². The molecule has 0 radical (unpaired) electrons. The summed E-state index contributed by atoms with van der Waals surface area (Å²) >= 11 is 0. The smallest absolute Gasteiger partial charge is 0.329 e. The van der Waals surface area contributed by atoms with Gasteiger partial charge in [0.1, 0.15) is 6.54 Å². The molecule has 23 heavy (non-hydrogen) atoms. The summed E-state index contributed by atoms with van der Waals surface area (Å²) in [4.78, 5) is 30.9. The van der Waals surface area contributed by atoms with Gasteiger partial charge in [-0.05, 0) is 25.7 Å². The van der Waals surface area contributed by atoms with E-state index in [4.69, 9.17) is 0 Å². The molecule has 7 nitrogen and oxygen atoms in total. The highest BCUT2D eigenvalue weighted by atomic mass is 16.2. The predicted octanol–water partition coefficient (Wildman–Crippen LogP) is -0.587. The zero-order valence-electron chi connectivity index (χ0n) is 14.3. The van der Waals surface area contributed by atoms with Crippen molar-refractivity contribution in [3.05, 3.63) is 26.7 Å². The average molecular weight is 320 g/mol. The molecule has 0 aliphatic carbocycles. The van der Waals surface area contributed by atoms with Crippen molar-refractivity contribution in [1.82, 2.24) is 18.7 Å². The minimum Gasteiger partial charge on any atom is -0.329 e. The van der Waals surface area contributed by atoms with E-state index in [0.717, 1.165) is 38.4 Å². The molecule has 0 spiro atoms. The van der Waals surface area contributed by atoms with Gasteiger partial charge in [-0.15, -0.1) is 0 Å². The van der Waals surface area contributed by atoms with E-state index in [1.54, 1.807) is 7.05 Å². The summed E-state index contributed by atoms with van der Waals surface area (Å²) in [7, 11) is 3.22. The van der Waals surface area contributed by atoms with Crippen LogP contribution in [-0.4, -0.2) is 31.8 Å². The van der Waals surface area contributed by atoms with E-state index < -0.39 is 0 Å². The minimum atomic E-state index is -0.319. The van der Waals surface area contributed by atoms with E-state index in [0.29, 0.717) is 11.2 Å². The van der Waals surface area contributed by atoms with Gasteiger partial charge >= 0.3 is 5.69 Å². The summed E-state index contributed by atoms with van der Waals surface area (Å²) in [6.45, 7) is 5.99. The number of rotatable bonds is 4. The van der Waals surface area contributed by atoms with Gasteiger partial charge in [0.05, 0.1) is 13.1 Å². The van der Waals surface area contributed by atoms with Gasteiger partial charge in [-0.25, -0.2) is 9.78 Å². The molecule has 7 heteroatoms. The first-order valence-corrected chi connectivity index (χ1v) is 8.53. The normalized spacial score (nSPS) is 16.3. The van der Waals surface area contributed by atoms with Crippen molar-refractivity contribution in [3.63, 3.8) is 0 Å². The van der Waals surface area contributed by atoms with E-state index >= 15 is 0 Å². The minimum absolute atomic E-state index is 0.246. The van der Waals surface area contributed by atoms with Crippen LogP contribution in [0.15, 0.2) is 9.59 Å². The van der Waals surface area contributed by atoms with Crippen molar-refractivity contribution in [2.45, 2.75) is 45.7 Å². The van der Waals surface area contributed by atoms with E-state index in [9.17, 15) is 9.59 Å². The van der Waals surface area contributed by atoms with Gasteiger partial charge in [0.15, 0.2) is 17.0 Å². The molecule has 0 saturated carbocycles. The number of hydrogen-bond acceptors (Lipinski definition) is 3. The highest BCUT2D eigenvalue weighted by Crippen LogP contribution is 2.11. The topological polar surface area (TPSA) is 66.3 Å². The Balaban J connectivity index is 2.15. The van der Waals surface area contributed by atoms with Crippen molar-refractivity contribution in [2.75, 3.05) is 13.1 Å². The lowest BCUT2D eigenvalue weighted by atomic mass is 10.1. The van der Waals surface area contributed by atoms with Crippen molar-refractivity contribution >= 4 is 11.2 Å². The molecule has 0 aromatic carbocycles. The number of quaternary nitrogens is 1. The molecule has 0 unspecified atom stereocenters. The molecule has 0 atom stereocenters. The summed E-state index contributed by atoms with van der Waals surface area (Å²) in [5.41, 5.74) is 0.505. The second-order valence-electron chi connectivity index (χ2n) is 6.55. The van der Waals surface area contributed by atoms with Crippen LogP contribution >= 0.6 is 0 Å². The second kappa shape index (κ2) is 6.31. The van der Waals surface area contributed by atoms with E-state index in [2.05, 4.69) is 11.9 Å². The van der Waals surface area contributed by atoms with E-state index in [1.165, 1.54) is 40.3 Å². The average Bonchev–Trinajstić information content (AvgIpc) is 2.91. The van der Waals surface area contributed by atoms with Crippen molar-refractivity contribution < 1.29 is 4.90 Å². The Hall–Kier alpha value is -1.89. The Labute approximate surface area is 135 Å². The molecule has 0 amide bonds. The summed E-state index contributed by atoms with van der Waals surface area (Å²) in [5, 5.41) is 0. The molecular formula is C16H26N5O2+. The van der Waals surface area contributed by atoms with Gasteiger partial charge in [-0.2, -0.15) is 0 Å². The summed E-state index contributed by atoms with van der Waals surface area (Å²) in [6.07, 6.45) is 4.75. The number of hydrogen-bond donors (Lipinski definition) is 1. The number of piperidine rings is 1. The maximum absolute atomic E-state index is 12.6. The number of imidazole rings is 1. The molecule has 3 rings (SSSR count). The quantitative estimate of drug-likeness (QED) is 0.819. The first kappa shape index (κ1) is 16.0. The van der Waals surface area contributed by atoms with Crippen LogP contribution in [0.25, 0.3) is 11.2 Å². The largest absolute Gasteiger partial charge is 0.332 e. The fourth-order valence-electron chi connectivity index (χ4n) is 3.54. The van der Waals surface area contributed by atoms with Crippen LogP contribution in [0.3, 0.4) is 0 Å². The molecule has 1 fully saturated rings. The Morgan fingerprint density at radius 1 is 1.09 bits per heavy atom. The fraction of sp³-hybridized carbons (Fsp3) is 0.688. The van der Waals surface area contributed by atoms with Crippen LogP contribution in [-0.2, 0) is 27.2 Å². The van der Waals surface area contributed by atoms with Crippen molar-refractivity contribution in [1.29, 1.82) is 0 Å². The third-order valence-corrected chi connectivity index (χ3v) is 4.84. The first-order valence-electron chi connectivity index (χ1n) is 8.53. The standard InChI is InChI=1S/C16H25N5O2/c1-4-8-21-12(11-20-9-6-5-7-10-20)17-14-13(21)15(22)19(3)16(23)18(14)2/h4-11H2,1-3H3/p+1. The van der Waals surface area contributed by atoms with E-state index in [1.807, 2.05) is 4.57 Å². The first-order chi connectivity index (χ1) is 11.0. The third kappa shape index (κ3) is 2.73. The SMILES string of the molecule is CCCn1c(C[NH+]2CCCCC2)nc2c1c(=O)n(C)c(=O)n2C. The molecule has 1 N–H and O–H groups in total. The number of likely N-dealkylation sites (tertiary alicyclic amines) is 1. The van der Waals surface area contributed by atoms with Crippen LogP contribution in [0.2, 0.25) is 0 Å². The molecule has 1 saturated heterocycles. The highest BCUT2D eigenvalue weighted by molar-refractivity contribution is 5.71. The summed E-state index contributed by atoms with van der Waals surface area (Å²) in [6, 6.07) is 0. The molecule has 1 aliphatic heterocycles. The number of aromatic nitrogens is 4. The van der Waals surface area contributed by atoms with Gasteiger partial charge in [-0.1, -0.05) is 6.92 Å². The Morgan fingerprint density at radius 3 is 2.43 bits per heavy atom. The maximum atomic E-state index is 12.6. The third-order valence-electron chi connectivity index (χ3n) is 4.84. The van der Waals surface area contributed by atoms with Crippen LogP contribution < -0.4 is 16.1 Å².